The lowest BCUT2D eigenvalue weighted by Crippen LogP contribution is -2.02. The molecule has 0 saturated carbocycles. The van der Waals surface area contributed by atoms with E-state index in [2.05, 4.69) is 0 Å². The molecule has 2 N–H and O–H groups in total. The smallest absolute Gasteiger partial charge is 0.231 e. The Morgan fingerprint density at radius 2 is 1.88 bits per heavy atom. The summed E-state index contributed by atoms with van der Waals surface area (Å²) in [4.78, 5) is 12.6. The number of ketones is 1. The van der Waals surface area contributed by atoms with E-state index in [4.69, 9.17) is 24.7 Å². The third kappa shape index (κ3) is 3.24. The molecule has 25 heavy (non-hydrogen) atoms. The molecule has 0 bridgehead atoms. The van der Waals surface area contributed by atoms with Crippen LogP contribution in [0.25, 0.3) is 6.08 Å². The van der Waals surface area contributed by atoms with Gasteiger partial charge in [-0.2, -0.15) is 0 Å². The standard InChI is InChI=1S/C19H19NO5/c1-11(18(21)13-4-5-15(22-2)14(20)9-13)6-12-7-16(23-3)19-17(8-12)24-10-25-19/h4-9H,10,20H2,1-3H3/b11-6+. The Labute approximate surface area is 145 Å². The molecule has 1 aliphatic rings. The van der Waals surface area contributed by atoms with Gasteiger partial charge in [-0.05, 0) is 54.5 Å². The number of carbonyl (C=O) groups excluding carboxylic acids is 1. The van der Waals surface area contributed by atoms with E-state index in [1.165, 1.54) is 7.11 Å². The zero-order chi connectivity index (χ0) is 18.0. The number of ether oxygens (including phenoxy) is 4. The normalized spacial score (nSPS) is 12.8. The van der Waals surface area contributed by atoms with Crippen LogP contribution in [0.3, 0.4) is 0 Å². The Balaban J connectivity index is 1.91. The molecule has 0 unspecified atom stereocenters. The van der Waals surface area contributed by atoms with E-state index in [0.717, 1.165) is 5.56 Å². The first-order chi connectivity index (χ1) is 12.0. The number of hydrogen-bond donors (Lipinski definition) is 1. The number of hydrogen-bond acceptors (Lipinski definition) is 6. The second-order valence-electron chi connectivity index (χ2n) is 5.57. The van der Waals surface area contributed by atoms with Crippen molar-refractivity contribution in [2.45, 2.75) is 6.92 Å². The number of fused-ring (bicyclic) bond motifs is 1. The molecule has 2 aromatic rings. The molecule has 0 fully saturated rings. The Hall–Kier alpha value is -3.15. The monoisotopic (exact) mass is 341 g/mol. The van der Waals surface area contributed by atoms with Crippen LogP contribution in [0.4, 0.5) is 5.69 Å². The lowest BCUT2D eigenvalue weighted by Gasteiger charge is -2.08. The molecule has 0 saturated heterocycles. The molecule has 0 atom stereocenters. The van der Waals surface area contributed by atoms with E-state index in [0.29, 0.717) is 39.8 Å². The van der Waals surface area contributed by atoms with Gasteiger partial charge in [-0.3, -0.25) is 4.79 Å². The van der Waals surface area contributed by atoms with Gasteiger partial charge in [0.25, 0.3) is 0 Å². The minimum absolute atomic E-state index is 0.119. The van der Waals surface area contributed by atoms with Gasteiger partial charge in [0, 0.05) is 5.56 Å². The van der Waals surface area contributed by atoms with Gasteiger partial charge < -0.3 is 24.7 Å². The van der Waals surface area contributed by atoms with Crippen molar-refractivity contribution in [3.8, 4) is 23.0 Å². The maximum Gasteiger partial charge on any atom is 0.231 e. The highest BCUT2D eigenvalue weighted by Crippen LogP contribution is 2.42. The summed E-state index contributed by atoms with van der Waals surface area (Å²) in [5.74, 6) is 2.16. The first kappa shape index (κ1) is 16.7. The summed E-state index contributed by atoms with van der Waals surface area (Å²) in [7, 11) is 3.09. The van der Waals surface area contributed by atoms with Crippen LogP contribution in [0.1, 0.15) is 22.8 Å². The lowest BCUT2D eigenvalue weighted by molar-refractivity contribution is 0.103. The molecule has 0 amide bonds. The van der Waals surface area contributed by atoms with Crippen molar-refractivity contribution in [2.75, 3.05) is 26.7 Å². The number of anilines is 1. The zero-order valence-electron chi connectivity index (χ0n) is 14.3. The maximum absolute atomic E-state index is 12.6. The lowest BCUT2D eigenvalue weighted by atomic mass is 10.0. The Morgan fingerprint density at radius 3 is 2.56 bits per heavy atom. The average molecular weight is 341 g/mol. The third-order valence-corrected chi connectivity index (χ3v) is 3.91. The molecular weight excluding hydrogens is 322 g/mol. The molecule has 3 rings (SSSR count). The molecule has 1 heterocycles. The fourth-order valence-electron chi connectivity index (χ4n) is 2.65. The van der Waals surface area contributed by atoms with E-state index in [1.54, 1.807) is 44.4 Å². The fourth-order valence-corrected chi connectivity index (χ4v) is 2.65. The summed E-state index contributed by atoms with van der Waals surface area (Å²) in [5.41, 5.74) is 8.15. The van der Waals surface area contributed by atoms with Crippen LogP contribution in [-0.2, 0) is 0 Å². The van der Waals surface area contributed by atoms with Crippen molar-refractivity contribution in [3.05, 3.63) is 47.0 Å². The third-order valence-electron chi connectivity index (χ3n) is 3.91. The molecule has 0 aromatic heterocycles. The minimum Gasteiger partial charge on any atom is -0.495 e. The minimum atomic E-state index is -0.119. The first-order valence-corrected chi connectivity index (χ1v) is 7.67. The van der Waals surface area contributed by atoms with Crippen LogP contribution in [0.2, 0.25) is 0 Å². The SMILES string of the molecule is COc1ccc(C(=O)/C(C)=C/c2cc(OC)c3c(c2)OCO3)cc1N. The van der Waals surface area contributed by atoms with Crippen molar-refractivity contribution in [3.63, 3.8) is 0 Å². The molecule has 1 aliphatic heterocycles. The quantitative estimate of drug-likeness (QED) is 0.511. The fraction of sp³-hybridized carbons (Fsp3) is 0.211. The average Bonchev–Trinajstić information content (AvgIpc) is 3.08. The largest absolute Gasteiger partial charge is 0.495 e. The highest BCUT2D eigenvalue weighted by molar-refractivity contribution is 6.11. The van der Waals surface area contributed by atoms with Crippen LogP contribution in [-0.4, -0.2) is 26.8 Å². The molecule has 0 radical (unpaired) electrons. The van der Waals surface area contributed by atoms with Crippen LogP contribution < -0.4 is 24.7 Å². The zero-order valence-corrected chi connectivity index (χ0v) is 14.3. The van der Waals surface area contributed by atoms with Gasteiger partial charge in [0.05, 0.1) is 19.9 Å². The van der Waals surface area contributed by atoms with Gasteiger partial charge in [-0.1, -0.05) is 0 Å². The number of benzene rings is 2. The van der Waals surface area contributed by atoms with Crippen LogP contribution in [0.5, 0.6) is 23.0 Å². The molecule has 2 aromatic carbocycles. The predicted octanol–water partition coefficient (Wildman–Crippen LogP) is 3.30. The van der Waals surface area contributed by atoms with E-state index in [-0.39, 0.29) is 12.6 Å². The van der Waals surface area contributed by atoms with Gasteiger partial charge in [0.1, 0.15) is 5.75 Å². The highest BCUT2D eigenvalue weighted by Gasteiger charge is 2.20. The topological polar surface area (TPSA) is 80.0 Å². The molecule has 130 valence electrons. The van der Waals surface area contributed by atoms with Crippen molar-refractivity contribution < 1.29 is 23.7 Å². The van der Waals surface area contributed by atoms with E-state index < -0.39 is 0 Å². The Bertz CT molecular complexity index is 857. The van der Waals surface area contributed by atoms with Crippen molar-refractivity contribution >= 4 is 17.5 Å². The van der Waals surface area contributed by atoms with E-state index in [9.17, 15) is 4.79 Å². The second-order valence-corrected chi connectivity index (χ2v) is 5.57. The summed E-state index contributed by atoms with van der Waals surface area (Å²) in [6.07, 6.45) is 1.77. The second kappa shape index (κ2) is 6.76. The van der Waals surface area contributed by atoms with Gasteiger partial charge in [0.15, 0.2) is 17.3 Å². The van der Waals surface area contributed by atoms with Gasteiger partial charge in [-0.15, -0.1) is 0 Å². The number of methoxy groups -OCH3 is 2. The van der Waals surface area contributed by atoms with E-state index in [1.807, 2.05) is 6.07 Å². The number of carbonyl (C=O) groups is 1. The van der Waals surface area contributed by atoms with E-state index >= 15 is 0 Å². The van der Waals surface area contributed by atoms with Crippen molar-refractivity contribution in [1.82, 2.24) is 0 Å². The number of allylic oxidation sites excluding steroid dienone is 1. The number of rotatable bonds is 5. The van der Waals surface area contributed by atoms with Crippen LogP contribution >= 0.6 is 0 Å². The Morgan fingerprint density at radius 1 is 1.12 bits per heavy atom. The first-order valence-electron chi connectivity index (χ1n) is 7.67. The van der Waals surface area contributed by atoms with Crippen LogP contribution in [0.15, 0.2) is 35.9 Å². The van der Waals surface area contributed by atoms with Crippen molar-refractivity contribution in [2.24, 2.45) is 0 Å². The molecule has 0 spiro atoms. The van der Waals surface area contributed by atoms with Crippen molar-refractivity contribution in [1.29, 1.82) is 0 Å². The van der Waals surface area contributed by atoms with Gasteiger partial charge >= 0.3 is 0 Å². The summed E-state index contributed by atoms with van der Waals surface area (Å²) >= 11 is 0. The maximum atomic E-state index is 12.6. The molecule has 6 heteroatoms. The predicted molar refractivity (Wildman–Crippen MR) is 94.5 cm³/mol. The number of nitrogen functional groups attached to an aromatic ring is 1. The molecule has 6 nitrogen and oxygen atoms in total. The number of nitrogens with two attached hydrogens (primary N) is 1. The Kier molecular flexibility index (Phi) is 4.52. The van der Waals surface area contributed by atoms with Gasteiger partial charge in [0.2, 0.25) is 12.5 Å². The molecular formula is C19H19NO5. The van der Waals surface area contributed by atoms with Crippen LogP contribution in [0, 0.1) is 0 Å². The summed E-state index contributed by atoms with van der Waals surface area (Å²) < 4.78 is 21.2. The number of Topliss-reactive ketones (excluding diaryl/α,β-unsaturated/α-hetero) is 1. The highest BCUT2D eigenvalue weighted by atomic mass is 16.7. The summed E-state index contributed by atoms with van der Waals surface area (Å²) in [6, 6.07) is 8.59. The summed E-state index contributed by atoms with van der Waals surface area (Å²) in [6.45, 7) is 1.90. The summed E-state index contributed by atoms with van der Waals surface area (Å²) in [5, 5.41) is 0. The molecule has 0 aliphatic carbocycles. The van der Waals surface area contributed by atoms with Gasteiger partial charge in [-0.25, -0.2) is 0 Å².